The number of hydrogen-bond acceptors (Lipinski definition) is 7. The molecule has 7 nitrogen and oxygen atoms in total. The Labute approximate surface area is 217 Å². The summed E-state index contributed by atoms with van der Waals surface area (Å²) in [6, 6.07) is 14.7. The molecule has 3 aromatic carbocycles. The van der Waals surface area contributed by atoms with Gasteiger partial charge in [0.2, 0.25) is 5.75 Å². The van der Waals surface area contributed by atoms with Gasteiger partial charge in [0.15, 0.2) is 28.8 Å². The van der Waals surface area contributed by atoms with E-state index in [1.807, 2.05) is 48.6 Å². The zero-order valence-corrected chi connectivity index (χ0v) is 22.0. The number of carbonyl (C=O) groups is 1. The molecule has 3 aromatic rings. The smallest absolute Gasteiger partial charge is 0.203 e. The molecule has 0 fully saturated rings. The quantitative estimate of drug-likeness (QED) is 0.173. The van der Waals surface area contributed by atoms with Crippen molar-refractivity contribution in [3.05, 3.63) is 82.9 Å². The third-order valence-electron chi connectivity index (χ3n) is 5.79. The van der Waals surface area contributed by atoms with Crippen LogP contribution in [0.25, 0.3) is 12.2 Å². The molecule has 0 aromatic heterocycles. The molecule has 0 atom stereocenters. The van der Waals surface area contributed by atoms with E-state index in [2.05, 4.69) is 0 Å². The lowest BCUT2D eigenvalue weighted by atomic mass is 10.00. The molecule has 0 amide bonds. The topological polar surface area (TPSA) is 72.5 Å². The molecule has 0 radical (unpaired) electrons. The van der Waals surface area contributed by atoms with Gasteiger partial charge in [-0.05, 0) is 54.0 Å². The Hall–Kier alpha value is -4.39. The van der Waals surface area contributed by atoms with Crippen molar-refractivity contribution in [2.24, 2.45) is 0 Å². The highest BCUT2D eigenvalue weighted by Crippen LogP contribution is 2.39. The number of carbonyl (C=O) groups excluding carboxylic acids is 1. The number of methoxy groups -OCH3 is 6. The summed E-state index contributed by atoms with van der Waals surface area (Å²) in [4.78, 5) is 12.8. The normalized spacial score (nSPS) is 11.0. The molecule has 194 valence electrons. The minimum Gasteiger partial charge on any atom is -0.496 e. The van der Waals surface area contributed by atoms with E-state index in [1.165, 1.54) is 0 Å². The number of benzene rings is 3. The molecule has 0 bridgehead atoms. The van der Waals surface area contributed by atoms with Crippen LogP contribution in [0.5, 0.6) is 34.5 Å². The second kappa shape index (κ2) is 13.1. The first kappa shape index (κ1) is 27.2. The summed E-state index contributed by atoms with van der Waals surface area (Å²) in [6.07, 6.45) is 7.70. The highest BCUT2D eigenvalue weighted by Gasteiger charge is 2.15. The fourth-order valence-electron chi connectivity index (χ4n) is 3.98. The Morgan fingerprint density at radius 3 is 1.89 bits per heavy atom. The van der Waals surface area contributed by atoms with Crippen LogP contribution in [0, 0.1) is 0 Å². The lowest BCUT2D eigenvalue weighted by molar-refractivity contribution is 0.104. The second-order valence-electron chi connectivity index (χ2n) is 7.83. The Balaban J connectivity index is 1.97. The number of allylic oxidation sites excluding steroid dienone is 2. The van der Waals surface area contributed by atoms with E-state index in [9.17, 15) is 4.79 Å². The molecule has 0 heterocycles. The minimum atomic E-state index is -0.145. The predicted octanol–water partition coefficient (Wildman–Crippen LogP) is 5.89. The number of ether oxygens (including phenoxy) is 6. The van der Waals surface area contributed by atoms with Crippen LogP contribution in [-0.4, -0.2) is 48.4 Å². The van der Waals surface area contributed by atoms with Crippen LogP contribution in [-0.2, 0) is 6.42 Å². The zero-order valence-electron chi connectivity index (χ0n) is 22.0. The first-order valence-electron chi connectivity index (χ1n) is 11.6. The molecule has 37 heavy (non-hydrogen) atoms. The molecular formula is C30H32O7. The van der Waals surface area contributed by atoms with E-state index in [0.29, 0.717) is 46.5 Å². The third-order valence-corrected chi connectivity index (χ3v) is 5.79. The van der Waals surface area contributed by atoms with Gasteiger partial charge in [-0.2, -0.15) is 0 Å². The van der Waals surface area contributed by atoms with Crippen LogP contribution in [0.1, 0.15) is 27.0 Å². The van der Waals surface area contributed by atoms with E-state index in [1.54, 1.807) is 66.9 Å². The maximum absolute atomic E-state index is 12.8. The van der Waals surface area contributed by atoms with Gasteiger partial charge in [-0.15, -0.1) is 0 Å². The summed E-state index contributed by atoms with van der Waals surface area (Å²) in [5.74, 6) is 3.24. The van der Waals surface area contributed by atoms with Gasteiger partial charge >= 0.3 is 0 Å². The molecule has 0 saturated heterocycles. The average molecular weight is 505 g/mol. The van der Waals surface area contributed by atoms with Gasteiger partial charge in [0.1, 0.15) is 5.75 Å². The molecular weight excluding hydrogens is 472 g/mol. The summed E-state index contributed by atoms with van der Waals surface area (Å²) < 4.78 is 32.8. The Morgan fingerprint density at radius 2 is 1.30 bits per heavy atom. The molecule has 0 spiro atoms. The summed E-state index contributed by atoms with van der Waals surface area (Å²) in [7, 11) is 9.46. The molecule has 7 heteroatoms. The first-order valence-corrected chi connectivity index (χ1v) is 11.6. The van der Waals surface area contributed by atoms with E-state index in [0.717, 1.165) is 16.7 Å². The van der Waals surface area contributed by atoms with Gasteiger partial charge in [0.05, 0.1) is 48.2 Å². The molecule has 0 aliphatic heterocycles. The largest absolute Gasteiger partial charge is 0.496 e. The third kappa shape index (κ3) is 6.25. The van der Waals surface area contributed by atoms with Crippen molar-refractivity contribution in [1.29, 1.82) is 0 Å². The monoisotopic (exact) mass is 504 g/mol. The van der Waals surface area contributed by atoms with Crippen molar-refractivity contribution in [2.75, 3.05) is 42.7 Å². The Bertz CT molecular complexity index is 1270. The molecule has 0 saturated carbocycles. The van der Waals surface area contributed by atoms with E-state index in [-0.39, 0.29) is 5.78 Å². The van der Waals surface area contributed by atoms with Crippen LogP contribution in [0.3, 0.4) is 0 Å². The summed E-state index contributed by atoms with van der Waals surface area (Å²) in [6.45, 7) is 0. The molecule has 0 aliphatic carbocycles. The number of hydrogen-bond donors (Lipinski definition) is 0. The van der Waals surface area contributed by atoms with Crippen molar-refractivity contribution < 1.29 is 33.2 Å². The fraction of sp³-hybridized carbons (Fsp3) is 0.233. The van der Waals surface area contributed by atoms with Crippen LogP contribution in [0.15, 0.2) is 60.7 Å². The molecule has 0 aliphatic rings. The fourth-order valence-corrected chi connectivity index (χ4v) is 3.98. The Morgan fingerprint density at radius 1 is 0.676 bits per heavy atom. The van der Waals surface area contributed by atoms with E-state index >= 15 is 0 Å². The summed E-state index contributed by atoms with van der Waals surface area (Å²) in [5.41, 5.74) is 3.13. The molecule has 3 rings (SSSR count). The highest BCUT2D eigenvalue weighted by atomic mass is 16.5. The van der Waals surface area contributed by atoms with Gasteiger partial charge in [-0.25, -0.2) is 0 Å². The Kier molecular flexibility index (Phi) is 9.61. The minimum absolute atomic E-state index is 0.145. The first-order chi connectivity index (χ1) is 18.0. The number of ketones is 1. The van der Waals surface area contributed by atoms with Crippen LogP contribution in [0.2, 0.25) is 0 Å². The van der Waals surface area contributed by atoms with Gasteiger partial charge in [0.25, 0.3) is 0 Å². The van der Waals surface area contributed by atoms with Crippen molar-refractivity contribution in [1.82, 2.24) is 0 Å². The predicted molar refractivity (Wildman–Crippen MR) is 145 cm³/mol. The van der Waals surface area contributed by atoms with Crippen molar-refractivity contribution >= 4 is 17.9 Å². The van der Waals surface area contributed by atoms with E-state index in [4.69, 9.17) is 28.4 Å². The molecule has 0 unspecified atom stereocenters. The van der Waals surface area contributed by atoms with Crippen LogP contribution >= 0.6 is 0 Å². The van der Waals surface area contributed by atoms with Crippen molar-refractivity contribution in [2.45, 2.75) is 6.42 Å². The number of rotatable bonds is 12. The van der Waals surface area contributed by atoms with Crippen LogP contribution in [0.4, 0.5) is 0 Å². The highest BCUT2D eigenvalue weighted by molar-refractivity contribution is 6.06. The number of para-hydroxylation sites is 1. The van der Waals surface area contributed by atoms with Gasteiger partial charge in [-0.3, -0.25) is 4.79 Å². The maximum Gasteiger partial charge on any atom is 0.203 e. The van der Waals surface area contributed by atoms with Gasteiger partial charge < -0.3 is 28.4 Å². The molecule has 0 N–H and O–H groups in total. The standard InChI is InChI=1S/C30H32O7/c1-32-25-13-8-7-10-23(25)24(31)12-9-11-22-21(16-17-26(33-2)29(22)36-5)15-14-20-18-27(34-3)30(37-6)28(19-20)35-4/h7-10,12-19H,11H2,1-6H3/b12-9-,15-14-. The summed E-state index contributed by atoms with van der Waals surface area (Å²) in [5, 5.41) is 0. The van der Waals surface area contributed by atoms with E-state index < -0.39 is 0 Å². The summed E-state index contributed by atoms with van der Waals surface area (Å²) >= 11 is 0. The van der Waals surface area contributed by atoms with Crippen molar-refractivity contribution in [3.8, 4) is 34.5 Å². The van der Waals surface area contributed by atoms with Gasteiger partial charge in [-0.1, -0.05) is 36.4 Å². The van der Waals surface area contributed by atoms with Crippen molar-refractivity contribution in [3.63, 3.8) is 0 Å². The lowest BCUT2D eigenvalue weighted by Gasteiger charge is -2.15. The zero-order chi connectivity index (χ0) is 26.8. The SMILES string of the molecule is COc1ccccc1C(=O)/C=C\Cc1c(/C=C\c2cc(OC)c(OC)c(OC)c2)ccc(OC)c1OC. The van der Waals surface area contributed by atoms with Gasteiger partial charge in [0, 0.05) is 5.56 Å². The average Bonchev–Trinajstić information content (AvgIpc) is 2.94. The van der Waals surface area contributed by atoms with Crippen LogP contribution < -0.4 is 28.4 Å². The lowest BCUT2D eigenvalue weighted by Crippen LogP contribution is -2.00. The second-order valence-corrected chi connectivity index (χ2v) is 7.83. The maximum atomic E-state index is 12.8.